The molecule has 3 rings (SSSR count). The second-order valence-corrected chi connectivity index (χ2v) is 5.38. The zero-order valence-corrected chi connectivity index (χ0v) is 12.4. The Bertz CT molecular complexity index is 670. The Labute approximate surface area is 128 Å². The maximum atomic E-state index is 11.0. The monoisotopic (exact) mass is 302 g/mol. The highest BCUT2D eigenvalue weighted by atomic mass is 16.5. The van der Waals surface area contributed by atoms with Crippen LogP contribution >= 0.6 is 0 Å². The lowest BCUT2D eigenvalue weighted by atomic mass is 10.1. The van der Waals surface area contributed by atoms with E-state index in [4.69, 9.17) is 15.0 Å². The number of hydrogen-bond donors (Lipinski definition) is 1. The van der Waals surface area contributed by atoms with Crippen LogP contribution in [0.5, 0.6) is 5.75 Å². The molecule has 0 bridgehead atoms. The third kappa shape index (κ3) is 3.09. The smallest absolute Gasteiger partial charge is 0.231 e. The summed E-state index contributed by atoms with van der Waals surface area (Å²) in [6.07, 6.45) is 0.882. The van der Waals surface area contributed by atoms with Gasteiger partial charge in [0.05, 0.1) is 19.6 Å². The minimum absolute atomic E-state index is 0.145. The number of ether oxygens (including phenoxy) is 1. The van der Waals surface area contributed by atoms with Gasteiger partial charge in [0.2, 0.25) is 17.6 Å². The van der Waals surface area contributed by atoms with E-state index in [2.05, 4.69) is 10.1 Å². The highest BCUT2D eigenvalue weighted by molar-refractivity contribution is 5.75. The molecule has 0 spiro atoms. The fourth-order valence-electron chi connectivity index (χ4n) is 2.68. The van der Waals surface area contributed by atoms with Gasteiger partial charge in [0.15, 0.2) is 0 Å². The summed E-state index contributed by atoms with van der Waals surface area (Å²) in [4.78, 5) is 17.4. The molecule has 1 aromatic heterocycles. The number of methoxy groups -OCH3 is 1. The molecule has 1 aliphatic heterocycles. The van der Waals surface area contributed by atoms with Crippen molar-refractivity contribution in [1.82, 2.24) is 15.0 Å². The summed E-state index contributed by atoms with van der Waals surface area (Å²) in [5.41, 5.74) is 6.07. The van der Waals surface area contributed by atoms with E-state index in [0.29, 0.717) is 18.3 Å². The lowest BCUT2D eigenvalue weighted by molar-refractivity contribution is -0.118. The van der Waals surface area contributed by atoms with E-state index < -0.39 is 0 Å². The first-order valence-electron chi connectivity index (χ1n) is 7.14. The normalized spacial score (nSPS) is 18.5. The maximum absolute atomic E-state index is 11.0. The third-order valence-corrected chi connectivity index (χ3v) is 3.77. The number of nitrogens with zero attached hydrogens (tertiary/aromatic N) is 3. The van der Waals surface area contributed by atoms with Crippen LogP contribution in [0.15, 0.2) is 28.8 Å². The summed E-state index contributed by atoms with van der Waals surface area (Å²) in [6.45, 7) is 1.79. The van der Waals surface area contributed by atoms with Crippen LogP contribution in [0.4, 0.5) is 0 Å². The first kappa shape index (κ1) is 14.5. The van der Waals surface area contributed by atoms with Crippen molar-refractivity contribution < 1.29 is 14.1 Å². The molecule has 1 unspecified atom stereocenters. The van der Waals surface area contributed by atoms with Gasteiger partial charge in [0, 0.05) is 12.1 Å². The summed E-state index contributed by atoms with van der Waals surface area (Å²) in [6, 6.07) is 7.52. The van der Waals surface area contributed by atoms with Crippen molar-refractivity contribution in [2.24, 2.45) is 5.73 Å². The SMILES string of the molecule is COc1cccc(-c2noc(C3CCN(CC(N)=O)C3)n2)c1. The van der Waals surface area contributed by atoms with Crippen LogP contribution in [-0.2, 0) is 4.79 Å². The molecule has 0 radical (unpaired) electrons. The van der Waals surface area contributed by atoms with E-state index in [1.807, 2.05) is 29.2 Å². The molecule has 1 atom stereocenters. The van der Waals surface area contributed by atoms with Crippen molar-refractivity contribution in [2.75, 3.05) is 26.7 Å². The number of carbonyl (C=O) groups excluding carboxylic acids is 1. The van der Waals surface area contributed by atoms with Crippen LogP contribution in [0.3, 0.4) is 0 Å². The number of rotatable bonds is 5. The number of carbonyl (C=O) groups is 1. The van der Waals surface area contributed by atoms with Crippen molar-refractivity contribution in [3.05, 3.63) is 30.2 Å². The number of benzene rings is 1. The lowest BCUT2D eigenvalue weighted by Gasteiger charge is -2.11. The highest BCUT2D eigenvalue weighted by Gasteiger charge is 2.29. The van der Waals surface area contributed by atoms with Crippen molar-refractivity contribution in [1.29, 1.82) is 0 Å². The Balaban J connectivity index is 1.72. The van der Waals surface area contributed by atoms with Crippen LogP contribution in [-0.4, -0.2) is 47.7 Å². The molecule has 116 valence electrons. The summed E-state index contributed by atoms with van der Waals surface area (Å²) >= 11 is 0. The van der Waals surface area contributed by atoms with Gasteiger partial charge in [-0.15, -0.1) is 0 Å². The van der Waals surface area contributed by atoms with Gasteiger partial charge in [-0.2, -0.15) is 4.98 Å². The average molecular weight is 302 g/mol. The largest absolute Gasteiger partial charge is 0.497 e. The molecule has 1 amide bonds. The zero-order valence-electron chi connectivity index (χ0n) is 12.4. The van der Waals surface area contributed by atoms with Crippen LogP contribution in [0.25, 0.3) is 11.4 Å². The molecule has 0 saturated carbocycles. The Hall–Kier alpha value is -2.41. The molecule has 2 aromatic rings. The van der Waals surface area contributed by atoms with Gasteiger partial charge < -0.3 is 15.0 Å². The minimum atomic E-state index is -0.316. The predicted octanol–water partition coefficient (Wildman–Crippen LogP) is 1.02. The van der Waals surface area contributed by atoms with Gasteiger partial charge in [0.25, 0.3) is 0 Å². The molecule has 22 heavy (non-hydrogen) atoms. The fourth-order valence-corrected chi connectivity index (χ4v) is 2.68. The van der Waals surface area contributed by atoms with Crippen LogP contribution in [0, 0.1) is 0 Å². The second-order valence-electron chi connectivity index (χ2n) is 5.38. The van der Waals surface area contributed by atoms with Crippen molar-refractivity contribution in [2.45, 2.75) is 12.3 Å². The average Bonchev–Trinajstić information content (AvgIpc) is 3.15. The van der Waals surface area contributed by atoms with Crippen LogP contribution < -0.4 is 10.5 Å². The summed E-state index contributed by atoms with van der Waals surface area (Å²) in [5.74, 6) is 1.72. The molecule has 1 aliphatic rings. The highest BCUT2D eigenvalue weighted by Crippen LogP contribution is 2.28. The van der Waals surface area contributed by atoms with Gasteiger partial charge in [-0.3, -0.25) is 9.69 Å². The van der Waals surface area contributed by atoms with Crippen molar-refractivity contribution in [3.63, 3.8) is 0 Å². The molecule has 2 N–H and O–H groups in total. The molecule has 7 heteroatoms. The van der Waals surface area contributed by atoms with E-state index >= 15 is 0 Å². The molecular weight excluding hydrogens is 284 g/mol. The fraction of sp³-hybridized carbons (Fsp3) is 0.400. The molecule has 7 nitrogen and oxygen atoms in total. The lowest BCUT2D eigenvalue weighted by Crippen LogP contribution is -2.31. The molecule has 1 aromatic carbocycles. The number of primary amides is 1. The standard InChI is InChI=1S/C15H18N4O3/c1-21-12-4-2-3-10(7-12)14-17-15(22-18-14)11-5-6-19(8-11)9-13(16)20/h2-4,7,11H,5-6,8-9H2,1H3,(H2,16,20). The van der Waals surface area contributed by atoms with E-state index in [9.17, 15) is 4.79 Å². The first-order valence-corrected chi connectivity index (χ1v) is 7.14. The molecule has 2 heterocycles. The van der Waals surface area contributed by atoms with Crippen LogP contribution in [0.2, 0.25) is 0 Å². The number of aromatic nitrogens is 2. The van der Waals surface area contributed by atoms with Gasteiger partial charge in [-0.05, 0) is 25.1 Å². The molecular formula is C15H18N4O3. The van der Waals surface area contributed by atoms with Gasteiger partial charge in [0.1, 0.15) is 5.75 Å². The van der Waals surface area contributed by atoms with Gasteiger partial charge in [-0.25, -0.2) is 0 Å². The first-order chi connectivity index (χ1) is 10.7. The summed E-state index contributed by atoms with van der Waals surface area (Å²) in [5, 5.41) is 4.04. The number of likely N-dealkylation sites (tertiary alicyclic amines) is 1. The molecule has 0 aliphatic carbocycles. The zero-order chi connectivity index (χ0) is 15.5. The van der Waals surface area contributed by atoms with Gasteiger partial charge >= 0.3 is 0 Å². The van der Waals surface area contributed by atoms with Crippen molar-refractivity contribution >= 4 is 5.91 Å². The second kappa shape index (κ2) is 6.15. The Morgan fingerprint density at radius 2 is 2.41 bits per heavy atom. The quantitative estimate of drug-likeness (QED) is 0.886. The Morgan fingerprint density at radius 3 is 3.18 bits per heavy atom. The number of nitrogens with two attached hydrogens (primary N) is 1. The number of hydrogen-bond acceptors (Lipinski definition) is 6. The Kier molecular flexibility index (Phi) is 4.06. The van der Waals surface area contributed by atoms with Crippen molar-refractivity contribution in [3.8, 4) is 17.1 Å². The van der Waals surface area contributed by atoms with E-state index in [1.165, 1.54) is 0 Å². The van der Waals surface area contributed by atoms with E-state index in [1.54, 1.807) is 7.11 Å². The van der Waals surface area contributed by atoms with Crippen LogP contribution in [0.1, 0.15) is 18.2 Å². The predicted molar refractivity (Wildman–Crippen MR) is 79.3 cm³/mol. The third-order valence-electron chi connectivity index (χ3n) is 3.77. The summed E-state index contributed by atoms with van der Waals surface area (Å²) in [7, 11) is 1.62. The van der Waals surface area contributed by atoms with Gasteiger partial charge in [-0.1, -0.05) is 17.3 Å². The molecule has 1 saturated heterocycles. The Morgan fingerprint density at radius 1 is 1.55 bits per heavy atom. The minimum Gasteiger partial charge on any atom is -0.497 e. The summed E-state index contributed by atoms with van der Waals surface area (Å²) < 4.78 is 10.6. The molecule has 1 fully saturated rings. The van der Waals surface area contributed by atoms with E-state index in [-0.39, 0.29) is 18.4 Å². The number of amides is 1. The maximum Gasteiger partial charge on any atom is 0.231 e. The topological polar surface area (TPSA) is 94.5 Å². The van der Waals surface area contributed by atoms with E-state index in [0.717, 1.165) is 24.3 Å².